The zero-order chi connectivity index (χ0) is 14.6. The minimum absolute atomic E-state index is 0.0153. The largest absolute Gasteiger partial charge is 0.481 e. The van der Waals surface area contributed by atoms with Crippen LogP contribution in [0.4, 0.5) is 0 Å². The van der Waals surface area contributed by atoms with Crippen LogP contribution >= 0.6 is 0 Å². The maximum absolute atomic E-state index is 12.2. The maximum Gasteiger partial charge on any atom is 0.305 e. The molecular weight excluding hydrogens is 244 g/mol. The standard InChI is InChI=1S/C14H26N2O3/c1-14(2,3)11(8-12(17)18)16-13(19)9-4-6-10(15)7-5-9/h9-11H,4-8,15H2,1-3H3,(H,16,19)(H,17,18). The molecule has 0 spiro atoms. The molecule has 4 N–H and O–H groups in total. The lowest BCUT2D eigenvalue weighted by atomic mass is 9.82. The van der Waals surface area contributed by atoms with E-state index in [1.807, 2.05) is 20.8 Å². The predicted molar refractivity (Wildman–Crippen MR) is 73.6 cm³/mol. The number of rotatable bonds is 4. The van der Waals surface area contributed by atoms with Crippen molar-refractivity contribution in [2.75, 3.05) is 0 Å². The molecule has 0 radical (unpaired) electrons. The number of amides is 1. The Bertz CT molecular complexity index is 328. The Labute approximate surface area is 114 Å². The van der Waals surface area contributed by atoms with Gasteiger partial charge in [-0.1, -0.05) is 20.8 Å². The van der Waals surface area contributed by atoms with Crippen molar-refractivity contribution in [2.24, 2.45) is 17.1 Å². The quantitative estimate of drug-likeness (QED) is 0.722. The highest BCUT2D eigenvalue weighted by molar-refractivity contribution is 5.80. The van der Waals surface area contributed by atoms with Gasteiger partial charge in [0.2, 0.25) is 5.91 Å². The van der Waals surface area contributed by atoms with Crippen LogP contribution < -0.4 is 11.1 Å². The van der Waals surface area contributed by atoms with Gasteiger partial charge in [-0.05, 0) is 31.1 Å². The summed E-state index contributed by atoms with van der Waals surface area (Å²) in [5, 5.41) is 11.8. The zero-order valence-electron chi connectivity index (χ0n) is 12.1. The number of aliphatic carboxylic acids is 1. The minimum Gasteiger partial charge on any atom is -0.481 e. The number of hydrogen-bond donors (Lipinski definition) is 3. The topological polar surface area (TPSA) is 92.4 Å². The van der Waals surface area contributed by atoms with Crippen LogP contribution in [0.25, 0.3) is 0 Å². The third-order valence-corrected chi connectivity index (χ3v) is 3.88. The number of nitrogens with two attached hydrogens (primary N) is 1. The molecule has 1 saturated carbocycles. The van der Waals surface area contributed by atoms with E-state index in [0.29, 0.717) is 0 Å². The number of carbonyl (C=O) groups excluding carboxylic acids is 1. The molecule has 0 saturated heterocycles. The Balaban J connectivity index is 2.58. The van der Waals surface area contributed by atoms with Gasteiger partial charge in [-0.2, -0.15) is 0 Å². The highest BCUT2D eigenvalue weighted by Crippen LogP contribution is 2.26. The molecule has 1 aliphatic carbocycles. The number of nitrogens with one attached hydrogen (secondary N) is 1. The van der Waals surface area contributed by atoms with Gasteiger partial charge in [-0.15, -0.1) is 0 Å². The van der Waals surface area contributed by atoms with E-state index in [2.05, 4.69) is 5.32 Å². The summed E-state index contributed by atoms with van der Waals surface area (Å²) in [7, 11) is 0. The fourth-order valence-electron chi connectivity index (χ4n) is 2.42. The van der Waals surface area contributed by atoms with Gasteiger partial charge in [0.15, 0.2) is 0 Å². The summed E-state index contributed by atoms with van der Waals surface area (Å²) in [5.41, 5.74) is 5.56. The van der Waals surface area contributed by atoms with Crippen LogP contribution in [-0.2, 0) is 9.59 Å². The van der Waals surface area contributed by atoms with Crippen molar-refractivity contribution in [3.05, 3.63) is 0 Å². The molecule has 1 fully saturated rings. The van der Waals surface area contributed by atoms with Gasteiger partial charge in [0.05, 0.1) is 6.42 Å². The average Bonchev–Trinajstić information content (AvgIpc) is 2.27. The van der Waals surface area contributed by atoms with E-state index >= 15 is 0 Å². The molecule has 1 aliphatic rings. The number of carboxylic acids is 1. The summed E-state index contributed by atoms with van der Waals surface area (Å²) in [4.78, 5) is 23.1. The molecule has 0 aromatic heterocycles. The van der Waals surface area contributed by atoms with Crippen LogP contribution in [0.1, 0.15) is 52.9 Å². The Kier molecular flexibility index (Phi) is 5.35. The molecule has 1 amide bonds. The number of hydrogen-bond acceptors (Lipinski definition) is 3. The van der Waals surface area contributed by atoms with Crippen molar-refractivity contribution in [2.45, 2.75) is 65.0 Å². The molecule has 1 unspecified atom stereocenters. The summed E-state index contributed by atoms with van der Waals surface area (Å²) in [6.45, 7) is 5.83. The lowest BCUT2D eigenvalue weighted by molar-refractivity contribution is -0.138. The first-order valence-electron chi connectivity index (χ1n) is 6.98. The fraction of sp³-hybridized carbons (Fsp3) is 0.857. The Hall–Kier alpha value is -1.10. The van der Waals surface area contributed by atoms with E-state index in [4.69, 9.17) is 10.8 Å². The molecule has 5 heteroatoms. The summed E-state index contributed by atoms with van der Waals surface area (Å²) in [5.74, 6) is -0.919. The van der Waals surface area contributed by atoms with Crippen LogP contribution in [0.2, 0.25) is 0 Å². The van der Waals surface area contributed by atoms with Crippen LogP contribution in [0.15, 0.2) is 0 Å². The van der Waals surface area contributed by atoms with Crippen molar-refractivity contribution >= 4 is 11.9 Å². The zero-order valence-corrected chi connectivity index (χ0v) is 12.1. The summed E-state index contributed by atoms with van der Waals surface area (Å²) in [6.07, 6.45) is 3.31. The van der Waals surface area contributed by atoms with Gasteiger partial charge in [-0.3, -0.25) is 9.59 Å². The molecule has 19 heavy (non-hydrogen) atoms. The van der Waals surface area contributed by atoms with Gasteiger partial charge < -0.3 is 16.2 Å². The van der Waals surface area contributed by atoms with E-state index < -0.39 is 5.97 Å². The third-order valence-electron chi connectivity index (χ3n) is 3.88. The highest BCUT2D eigenvalue weighted by atomic mass is 16.4. The Morgan fingerprint density at radius 1 is 1.26 bits per heavy atom. The molecule has 110 valence electrons. The molecule has 0 aromatic carbocycles. The van der Waals surface area contributed by atoms with Crippen molar-refractivity contribution in [1.29, 1.82) is 0 Å². The Morgan fingerprint density at radius 2 is 1.79 bits per heavy atom. The molecule has 0 heterocycles. The average molecular weight is 270 g/mol. The van der Waals surface area contributed by atoms with Gasteiger partial charge in [0.1, 0.15) is 0 Å². The molecule has 5 nitrogen and oxygen atoms in total. The van der Waals surface area contributed by atoms with E-state index in [1.54, 1.807) is 0 Å². The lowest BCUT2D eigenvalue weighted by Crippen LogP contribution is -2.48. The van der Waals surface area contributed by atoms with Crippen LogP contribution in [0.5, 0.6) is 0 Å². The molecule has 0 aromatic rings. The van der Waals surface area contributed by atoms with Crippen molar-refractivity contribution in [3.8, 4) is 0 Å². The van der Waals surface area contributed by atoms with E-state index in [1.165, 1.54) is 0 Å². The molecule has 0 bridgehead atoms. The van der Waals surface area contributed by atoms with E-state index in [9.17, 15) is 9.59 Å². The first-order chi connectivity index (χ1) is 8.70. The Morgan fingerprint density at radius 3 is 2.21 bits per heavy atom. The number of carbonyl (C=O) groups is 2. The van der Waals surface area contributed by atoms with Gasteiger partial charge >= 0.3 is 5.97 Å². The van der Waals surface area contributed by atoms with Gasteiger partial charge in [0.25, 0.3) is 0 Å². The molecular formula is C14H26N2O3. The van der Waals surface area contributed by atoms with Gasteiger partial charge in [0, 0.05) is 18.0 Å². The van der Waals surface area contributed by atoms with Crippen molar-refractivity contribution in [3.63, 3.8) is 0 Å². The monoisotopic (exact) mass is 270 g/mol. The summed E-state index contributed by atoms with van der Waals surface area (Å²) >= 11 is 0. The summed E-state index contributed by atoms with van der Waals surface area (Å²) in [6, 6.07) is -0.130. The van der Waals surface area contributed by atoms with Crippen LogP contribution in [0.3, 0.4) is 0 Å². The van der Waals surface area contributed by atoms with Gasteiger partial charge in [-0.25, -0.2) is 0 Å². The second-order valence-electron chi connectivity index (χ2n) is 6.64. The van der Waals surface area contributed by atoms with Crippen LogP contribution in [-0.4, -0.2) is 29.1 Å². The number of carboxylic acid groups (broad SMARTS) is 1. The smallest absolute Gasteiger partial charge is 0.305 e. The second-order valence-corrected chi connectivity index (χ2v) is 6.64. The first-order valence-corrected chi connectivity index (χ1v) is 6.98. The van der Waals surface area contributed by atoms with Crippen LogP contribution in [0, 0.1) is 11.3 Å². The molecule has 0 aliphatic heterocycles. The third kappa shape index (κ3) is 5.19. The lowest BCUT2D eigenvalue weighted by Gasteiger charge is -2.33. The van der Waals surface area contributed by atoms with Crippen molar-refractivity contribution in [1.82, 2.24) is 5.32 Å². The molecule has 1 atom stereocenters. The second kappa shape index (κ2) is 6.37. The normalized spacial score (nSPS) is 25.7. The van der Waals surface area contributed by atoms with E-state index in [-0.39, 0.29) is 35.7 Å². The maximum atomic E-state index is 12.2. The summed E-state index contributed by atoms with van der Waals surface area (Å²) < 4.78 is 0. The van der Waals surface area contributed by atoms with Crippen molar-refractivity contribution < 1.29 is 14.7 Å². The SMILES string of the molecule is CC(C)(C)C(CC(=O)O)NC(=O)C1CCC(N)CC1. The fourth-order valence-corrected chi connectivity index (χ4v) is 2.42. The minimum atomic E-state index is -0.883. The first kappa shape index (κ1) is 16.0. The predicted octanol–water partition coefficient (Wildman–Crippen LogP) is 1.51. The van der Waals surface area contributed by atoms with E-state index in [0.717, 1.165) is 25.7 Å². The highest BCUT2D eigenvalue weighted by Gasteiger charge is 2.31. The molecule has 1 rings (SSSR count).